The highest BCUT2D eigenvalue weighted by Gasteiger charge is 2.23. The molecule has 31 heavy (non-hydrogen) atoms. The van der Waals surface area contributed by atoms with Crippen molar-refractivity contribution in [2.45, 2.75) is 30.8 Å². The van der Waals surface area contributed by atoms with Gasteiger partial charge in [-0.3, -0.25) is 14.2 Å². The average Bonchev–Trinajstić information content (AvgIpc) is 3.16. The summed E-state index contributed by atoms with van der Waals surface area (Å²) in [6, 6.07) is 9.55. The van der Waals surface area contributed by atoms with E-state index in [0.717, 1.165) is 41.6 Å². The van der Waals surface area contributed by atoms with E-state index in [9.17, 15) is 9.59 Å². The standard InChI is InChI=1S/C24H25N3O2S2/c1-3-14-26(15-4-2)20(28)16-30-24-25-22-21(18-12-8-9-13-19(18)31-22)23(29)27(24)17-10-6-5-7-11-17/h3-7,10-11H,1-2,8-9,12-16H2. The van der Waals surface area contributed by atoms with Gasteiger partial charge in [0.15, 0.2) is 5.16 Å². The number of fused-ring (bicyclic) bond motifs is 3. The van der Waals surface area contributed by atoms with Crippen molar-refractivity contribution in [3.63, 3.8) is 0 Å². The highest BCUT2D eigenvalue weighted by Crippen LogP contribution is 2.35. The first-order valence-corrected chi connectivity index (χ1v) is 12.2. The van der Waals surface area contributed by atoms with Gasteiger partial charge in [0, 0.05) is 18.0 Å². The summed E-state index contributed by atoms with van der Waals surface area (Å²) in [5.41, 5.74) is 1.89. The lowest BCUT2D eigenvalue weighted by Gasteiger charge is -2.19. The number of benzene rings is 1. The number of para-hydroxylation sites is 1. The smallest absolute Gasteiger partial charge is 0.267 e. The molecular weight excluding hydrogens is 426 g/mol. The molecule has 2 aromatic heterocycles. The number of carbonyl (C=O) groups excluding carboxylic acids is 1. The Morgan fingerprint density at radius 3 is 2.58 bits per heavy atom. The largest absolute Gasteiger partial charge is 0.335 e. The van der Waals surface area contributed by atoms with Crippen molar-refractivity contribution < 1.29 is 4.79 Å². The van der Waals surface area contributed by atoms with Crippen molar-refractivity contribution in [3.8, 4) is 5.69 Å². The maximum absolute atomic E-state index is 13.7. The van der Waals surface area contributed by atoms with Gasteiger partial charge in [0.2, 0.25) is 5.91 Å². The second-order valence-electron chi connectivity index (χ2n) is 7.43. The zero-order valence-electron chi connectivity index (χ0n) is 17.4. The monoisotopic (exact) mass is 451 g/mol. The molecule has 3 aromatic rings. The van der Waals surface area contributed by atoms with E-state index in [-0.39, 0.29) is 17.2 Å². The third-order valence-corrected chi connectivity index (χ3v) is 7.46. The second-order valence-corrected chi connectivity index (χ2v) is 9.45. The molecule has 0 saturated heterocycles. The molecule has 0 N–H and O–H groups in total. The van der Waals surface area contributed by atoms with E-state index in [1.165, 1.54) is 22.2 Å². The Hall–Kier alpha value is -2.64. The fourth-order valence-corrected chi connectivity index (χ4v) is 6.11. The molecule has 1 amide bonds. The summed E-state index contributed by atoms with van der Waals surface area (Å²) in [7, 11) is 0. The van der Waals surface area contributed by atoms with Crippen LogP contribution >= 0.6 is 23.1 Å². The van der Waals surface area contributed by atoms with E-state index < -0.39 is 0 Å². The van der Waals surface area contributed by atoms with Crippen LogP contribution in [0.4, 0.5) is 0 Å². The summed E-state index contributed by atoms with van der Waals surface area (Å²) in [4.78, 5) is 35.0. The molecule has 0 fully saturated rings. The summed E-state index contributed by atoms with van der Waals surface area (Å²) >= 11 is 2.93. The Balaban J connectivity index is 1.77. The van der Waals surface area contributed by atoms with E-state index in [0.29, 0.717) is 18.2 Å². The van der Waals surface area contributed by atoms with Gasteiger partial charge in [-0.25, -0.2) is 4.98 Å². The molecule has 5 nitrogen and oxygen atoms in total. The van der Waals surface area contributed by atoms with E-state index in [2.05, 4.69) is 13.2 Å². The van der Waals surface area contributed by atoms with Gasteiger partial charge in [0.25, 0.3) is 5.56 Å². The normalized spacial score (nSPS) is 13.0. The van der Waals surface area contributed by atoms with Crippen LogP contribution in [0.15, 0.2) is 65.6 Å². The number of carbonyl (C=O) groups is 1. The van der Waals surface area contributed by atoms with Gasteiger partial charge in [-0.1, -0.05) is 42.1 Å². The fraction of sp³-hybridized carbons (Fsp3) is 0.292. The number of thiophene rings is 1. The van der Waals surface area contributed by atoms with Crippen LogP contribution in [-0.4, -0.2) is 39.2 Å². The number of amides is 1. The molecule has 1 aromatic carbocycles. The third kappa shape index (κ3) is 4.38. The summed E-state index contributed by atoms with van der Waals surface area (Å²) < 4.78 is 1.66. The van der Waals surface area contributed by atoms with Crippen LogP contribution in [0, 0.1) is 0 Å². The van der Waals surface area contributed by atoms with Gasteiger partial charge in [0.05, 0.1) is 16.8 Å². The number of rotatable bonds is 8. The first-order chi connectivity index (χ1) is 15.1. The first kappa shape index (κ1) is 21.6. The van der Waals surface area contributed by atoms with Crippen LogP contribution in [0.3, 0.4) is 0 Å². The van der Waals surface area contributed by atoms with Gasteiger partial charge in [-0.2, -0.15) is 0 Å². The Bertz CT molecular complexity index is 1170. The summed E-state index contributed by atoms with van der Waals surface area (Å²) in [6.45, 7) is 8.37. The Kier molecular flexibility index (Phi) is 6.73. The lowest BCUT2D eigenvalue weighted by molar-refractivity contribution is -0.127. The van der Waals surface area contributed by atoms with Gasteiger partial charge >= 0.3 is 0 Å². The molecule has 0 atom stereocenters. The van der Waals surface area contributed by atoms with Gasteiger partial charge < -0.3 is 4.90 Å². The SMILES string of the molecule is C=CCN(CC=C)C(=O)CSc1nc2sc3c(c2c(=O)n1-c1ccccc1)CCCC3. The molecule has 0 saturated carbocycles. The van der Waals surface area contributed by atoms with Crippen LogP contribution < -0.4 is 5.56 Å². The maximum Gasteiger partial charge on any atom is 0.267 e. The zero-order valence-corrected chi connectivity index (χ0v) is 19.0. The van der Waals surface area contributed by atoms with Crippen LogP contribution in [0.2, 0.25) is 0 Å². The number of hydrogen-bond acceptors (Lipinski definition) is 5. The van der Waals surface area contributed by atoms with E-state index >= 15 is 0 Å². The number of nitrogens with zero attached hydrogens (tertiary/aromatic N) is 3. The van der Waals surface area contributed by atoms with E-state index in [1.54, 1.807) is 33.0 Å². The molecule has 0 aliphatic heterocycles. The second kappa shape index (κ2) is 9.66. The molecule has 0 spiro atoms. The number of aromatic nitrogens is 2. The van der Waals surface area contributed by atoms with Crippen molar-refractivity contribution in [2.24, 2.45) is 0 Å². The van der Waals surface area contributed by atoms with Crippen LogP contribution in [-0.2, 0) is 17.6 Å². The van der Waals surface area contributed by atoms with Crippen molar-refractivity contribution >= 4 is 39.2 Å². The topological polar surface area (TPSA) is 55.2 Å². The summed E-state index contributed by atoms with van der Waals surface area (Å²) in [6.07, 6.45) is 7.62. The zero-order chi connectivity index (χ0) is 21.8. The Morgan fingerprint density at radius 1 is 1.16 bits per heavy atom. The molecular formula is C24H25N3O2S2. The molecule has 1 aliphatic rings. The van der Waals surface area contributed by atoms with Crippen molar-refractivity contribution in [3.05, 3.63) is 76.4 Å². The molecule has 7 heteroatoms. The minimum Gasteiger partial charge on any atom is -0.335 e. The lowest BCUT2D eigenvalue weighted by atomic mass is 9.97. The van der Waals surface area contributed by atoms with Crippen molar-refractivity contribution in [1.29, 1.82) is 0 Å². The minimum atomic E-state index is -0.0420. The molecule has 0 unspecified atom stereocenters. The molecule has 4 rings (SSSR count). The van der Waals surface area contributed by atoms with Crippen LogP contribution in [0.1, 0.15) is 23.3 Å². The molecule has 1 aliphatic carbocycles. The highest BCUT2D eigenvalue weighted by molar-refractivity contribution is 7.99. The highest BCUT2D eigenvalue weighted by atomic mass is 32.2. The fourth-order valence-electron chi connectivity index (χ4n) is 3.90. The summed E-state index contributed by atoms with van der Waals surface area (Å²) in [5.74, 6) is 0.154. The predicted octanol–water partition coefficient (Wildman–Crippen LogP) is 4.62. The third-order valence-electron chi connectivity index (χ3n) is 5.35. The molecule has 0 radical (unpaired) electrons. The minimum absolute atomic E-state index is 0.0377. The van der Waals surface area contributed by atoms with Crippen molar-refractivity contribution in [2.75, 3.05) is 18.8 Å². The number of hydrogen-bond donors (Lipinski definition) is 0. The quantitative estimate of drug-likeness (QED) is 0.285. The van der Waals surface area contributed by atoms with E-state index in [1.807, 2.05) is 30.3 Å². The number of thioether (sulfide) groups is 1. The molecule has 2 heterocycles. The van der Waals surface area contributed by atoms with E-state index in [4.69, 9.17) is 4.98 Å². The molecule has 160 valence electrons. The number of aryl methyl sites for hydroxylation is 2. The van der Waals surface area contributed by atoms with Gasteiger partial charge in [-0.05, 0) is 43.4 Å². The van der Waals surface area contributed by atoms with Crippen LogP contribution in [0.25, 0.3) is 15.9 Å². The predicted molar refractivity (Wildman–Crippen MR) is 130 cm³/mol. The molecule has 0 bridgehead atoms. The van der Waals surface area contributed by atoms with Crippen molar-refractivity contribution in [1.82, 2.24) is 14.5 Å². The van der Waals surface area contributed by atoms with Crippen LogP contribution in [0.5, 0.6) is 0 Å². The summed E-state index contributed by atoms with van der Waals surface area (Å²) in [5, 5.41) is 1.30. The average molecular weight is 452 g/mol. The Morgan fingerprint density at radius 2 is 1.87 bits per heavy atom. The maximum atomic E-state index is 13.7. The van der Waals surface area contributed by atoms with Gasteiger partial charge in [0.1, 0.15) is 4.83 Å². The first-order valence-electron chi connectivity index (χ1n) is 10.4. The van der Waals surface area contributed by atoms with Gasteiger partial charge in [-0.15, -0.1) is 24.5 Å². The Labute approximate surface area is 190 Å². The lowest BCUT2D eigenvalue weighted by Crippen LogP contribution is -2.33.